The van der Waals surface area contributed by atoms with Crippen molar-refractivity contribution in [3.8, 4) is 0 Å². The summed E-state index contributed by atoms with van der Waals surface area (Å²) in [6, 6.07) is 10.6. The molecule has 1 aliphatic carbocycles. The lowest BCUT2D eigenvalue weighted by molar-refractivity contribution is -0.153. The van der Waals surface area contributed by atoms with E-state index in [1.165, 1.54) is 0 Å². The highest BCUT2D eigenvalue weighted by Gasteiger charge is 2.46. The Hall–Kier alpha value is -1.55. The van der Waals surface area contributed by atoms with Crippen molar-refractivity contribution in [2.24, 2.45) is 5.41 Å². The number of nitrogens with zero attached hydrogens (tertiary/aromatic N) is 1. The number of methoxy groups -OCH3 is 1. The van der Waals surface area contributed by atoms with Crippen LogP contribution in [0.25, 0.3) is 0 Å². The summed E-state index contributed by atoms with van der Waals surface area (Å²) in [4.78, 5) is 15.0. The number of hydrogen-bond acceptors (Lipinski definition) is 3. The molecule has 0 radical (unpaired) electrons. The molecule has 1 aliphatic heterocycles. The Labute approximate surface area is 132 Å². The van der Waals surface area contributed by atoms with E-state index in [1.807, 2.05) is 18.2 Å². The van der Waals surface area contributed by atoms with E-state index in [1.54, 1.807) is 7.11 Å². The minimum absolute atomic E-state index is 0.233. The van der Waals surface area contributed by atoms with Crippen molar-refractivity contribution >= 4 is 11.6 Å². The van der Waals surface area contributed by atoms with E-state index in [-0.39, 0.29) is 5.41 Å². The largest absolute Gasteiger partial charge is 0.384 e. The molecule has 0 unspecified atom stereocenters. The molecule has 1 N–H and O–H groups in total. The first-order chi connectivity index (χ1) is 10.7. The lowest BCUT2D eigenvalue weighted by Gasteiger charge is -2.45. The smallest absolute Gasteiger partial charge is 0.231 e. The van der Waals surface area contributed by atoms with Gasteiger partial charge in [-0.2, -0.15) is 0 Å². The topological polar surface area (TPSA) is 41.6 Å². The third kappa shape index (κ3) is 3.12. The summed E-state index contributed by atoms with van der Waals surface area (Å²) in [6.45, 7) is 2.26. The number of nitrogens with one attached hydrogen (secondary N) is 1. The number of hydrogen-bond donors (Lipinski definition) is 1. The molecule has 1 aromatic carbocycles. The molecule has 1 amide bonds. The van der Waals surface area contributed by atoms with Crippen LogP contribution < -0.4 is 5.32 Å². The average molecular weight is 302 g/mol. The fraction of sp³-hybridized carbons (Fsp3) is 0.611. The molecule has 0 spiro atoms. The second-order valence-electron chi connectivity index (χ2n) is 6.67. The van der Waals surface area contributed by atoms with Crippen LogP contribution in [-0.4, -0.2) is 43.7 Å². The van der Waals surface area contributed by atoms with Gasteiger partial charge in [-0.25, -0.2) is 0 Å². The molecule has 1 saturated carbocycles. The number of piperidine rings is 1. The summed E-state index contributed by atoms with van der Waals surface area (Å²) >= 11 is 0. The molecule has 2 fully saturated rings. The lowest BCUT2D eigenvalue weighted by atomic mass is 9.68. The molecule has 120 valence electrons. The van der Waals surface area contributed by atoms with Crippen LogP contribution in [0.3, 0.4) is 0 Å². The highest BCUT2D eigenvalue weighted by Crippen LogP contribution is 2.43. The van der Waals surface area contributed by atoms with Crippen molar-refractivity contribution in [2.75, 3.05) is 32.1 Å². The second kappa shape index (κ2) is 6.69. The van der Waals surface area contributed by atoms with Crippen LogP contribution in [0.5, 0.6) is 0 Å². The summed E-state index contributed by atoms with van der Waals surface area (Å²) < 4.78 is 5.32. The Balaban J connectivity index is 1.61. The van der Waals surface area contributed by atoms with Crippen molar-refractivity contribution in [1.29, 1.82) is 0 Å². The highest BCUT2D eigenvalue weighted by atomic mass is 16.5. The number of carbonyl (C=O) groups excluding carboxylic acids is 1. The Morgan fingerprint density at radius 3 is 2.73 bits per heavy atom. The first-order valence-electron chi connectivity index (χ1n) is 8.33. The minimum Gasteiger partial charge on any atom is -0.384 e. The number of anilines is 1. The zero-order valence-corrected chi connectivity index (χ0v) is 13.4. The van der Waals surface area contributed by atoms with E-state index in [4.69, 9.17) is 4.74 Å². The summed E-state index contributed by atoms with van der Waals surface area (Å²) in [5, 5.41) is 3.56. The van der Waals surface area contributed by atoms with Gasteiger partial charge in [0.15, 0.2) is 0 Å². The highest BCUT2D eigenvalue weighted by molar-refractivity contribution is 5.84. The molecule has 1 saturated heterocycles. The number of amides is 1. The van der Waals surface area contributed by atoms with Crippen molar-refractivity contribution in [3.63, 3.8) is 0 Å². The Bertz CT molecular complexity index is 499. The fourth-order valence-electron chi connectivity index (χ4n) is 3.68. The summed E-state index contributed by atoms with van der Waals surface area (Å²) in [5.41, 5.74) is 0.903. The van der Waals surface area contributed by atoms with Crippen molar-refractivity contribution < 1.29 is 9.53 Å². The van der Waals surface area contributed by atoms with Crippen LogP contribution in [0.4, 0.5) is 5.69 Å². The van der Waals surface area contributed by atoms with Gasteiger partial charge < -0.3 is 15.0 Å². The van der Waals surface area contributed by atoms with Gasteiger partial charge in [0.25, 0.3) is 0 Å². The van der Waals surface area contributed by atoms with Crippen LogP contribution in [0.15, 0.2) is 30.3 Å². The molecule has 22 heavy (non-hydrogen) atoms. The van der Waals surface area contributed by atoms with Crippen molar-refractivity contribution in [2.45, 2.75) is 38.1 Å². The van der Waals surface area contributed by atoms with Crippen LogP contribution >= 0.6 is 0 Å². The van der Waals surface area contributed by atoms with Gasteiger partial charge in [0.1, 0.15) is 0 Å². The number of carbonyl (C=O) groups is 1. The normalized spacial score (nSPS) is 23.7. The number of ether oxygens (including phenoxy) is 1. The Morgan fingerprint density at radius 1 is 1.32 bits per heavy atom. The zero-order chi connectivity index (χ0) is 15.4. The van der Waals surface area contributed by atoms with E-state index in [2.05, 4.69) is 22.3 Å². The molecule has 0 aromatic heterocycles. The third-order valence-electron chi connectivity index (χ3n) is 5.04. The molecule has 4 nitrogen and oxygen atoms in total. The molecule has 1 atom stereocenters. The Kier molecular flexibility index (Phi) is 4.67. The number of benzene rings is 1. The van der Waals surface area contributed by atoms with Crippen molar-refractivity contribution in [1.82, 2.24) is 4.90 Å². The predicted octanol–water partition coefficient (Wildman–Crippen LogP) is 2.91. The van der Waals surface area contributed by atoms with E-state index in [0.717, 1.165) is 50.9 Å². The minimum atomic E-state index is -0.233. The first kappa shape index (κ1) is 15.3. The molecule has 3 rings (SSSR count). The van der Waals surface area contributed by atoms with Crippen LogP contribution in [0.2, 0.25) is 0 Å². The maximum atomic E-state index is 12.9. The molecular formula is C18H26N2O2. The van der Waals surface area contributed by atoms with E-state index in [9.17, 15) is 4.79 Å². The number of para-hydroxylation sites is 1. The van der Waals surface area contributed by atoms with Gasteiger partial charge in [0.05, 0.1) is 12.0 Å². The zero-order valence-electron chi connectivity index (χ0n) is 13.4. The van der Waals surface area contributed by atoms with Gasteiger partial charge in [-0.15, -0.1) is 0 Å². The Morgan fingerprint density at radius 2 is 2.09 bits per heavy atom. The maximum absolute atomic E-state index is 12.9. The van der Waals surface area contributed by atoms with E-state index in [0.29, 0.717) is 18.6 Å². The number of likely N-dealkylation sites (tertiary alicyclic amines) is 1. The van der Waals surface area contributed by atoms with Crippen LogP contribution in [0.1, 0.15) is 32.1 Å². The molecule has 2 aliphatic rings. The SMILES string of the molecule is COCC1(C(=O)N2CCC[C@@H](Nc3ccccc3)C2)CCC1. The van der Waals surface area contributed by atoms with Gasteiger partial charge in [0.2, 0.25) is 5.91 Å². The van der Waals surface area contributed by atoms with Crippen molar-refractivity contribution in [3.05, 3.63) is 30.3 Å². The molecular weight excluding hydrogens is 276 g/mol. The van der Waals surface area contributed by atoms with E-state index >= 15 is 0 Å². The summed E-state index contributed by atoms with van der Waals surface area (Å²) in [5.74, 6) is 0.306. The predicted molar refractivity (Wildman–Crippen MR) is 87.8 cm³/mol. The first-order valence-corrected chi connectivity index (χ1v) is 8.33. The fourth-order valence-corrected chi connectivity index (χ4v) is 3.68. The summed E-state index contributed by atoms with van der Waals surface area (Å²) in [6.07, 6.45) is 5.30. The van der Waals surface area contributed by atoms with Gasteiger partial charge >= 0.3 is 0 Å². The van der Waals surface area contributed by atoms with Gasteiger partial charge in [-0.3, -0.25) is 4.79 Å². The number of rotatable bonds is 5. The van der Waals surface area contributed by atoms with E-state index < -0.39 is 0 Å². The third-order valence-corrected chi connectivity index (χ3v) is 5.04. The monoisotopic (exact) mass is 302 g/mol. The standard InChI is InChI=1S/C18H26N2O2/c1-22-14-18(10-6-11-18)17(21)20-12-5-9-16(13-20)19-15-7-3-2-4-8-15/h2-4,7-8,16,19H,5-6,9-14H2,1H3/t16-/m1/s1. The second-order valence-corrected chi connectivity index (χ2v) is 6.67. The molecule has 4 heteroatoms. The van der Waals surface area contributed by atoms with Gasteiger partial charge in [-0.05, 0) is 37.8 Å². The maximum Gasteiger partial charge on any atom is 0.231 e. The van der Waals surface area contributed by atoms with Gasteiger partial charge in [-0.1, -0.05) is 24.6 Å². The van der Waals surface area contributed by atoms with Gasteiger partial charge in [0, 0.05) is 31.9 Å². The lowest BCUT2D eigenvalue weighted by Crippen LogP contribution is -2.54. The van der Waals surface area contributed by atoms with Crippen LogP contribution in [0, 0.1) is 5.41 Å². The van der Waals surface area contributed by atoms with Crippen LogP contribution in [-0.2, 0) is 9.53 Å². The summed E-state index contributed by atoms with van der Waals surface area (Å²) in [7, 11) is 1.70. The molecule has 1 aromatic rings. The average Bonchev–Trinajstić information content (AvgIpc) is 2.51. The quantitative estimate of drug-likeness (QED) is 0.909. The molecule has 1 heterocycles. The molecule has 0 bridgehead atoms.